The molecule has 0 bridgehead atoms. The Hall–Kier alpha value is -1.69. The van der Waals surface area contributed by atoms with Crippen LogP contribution in [0.4, 0.5) is 5.95 Å². The van der Waals surface area contributed by atoms with Crippen molar-refractivity contribution in [3.63, 3.8) is 0 Å². The molecule has 0 unspecified atom stereocenters. The third kappa shape index (κ3) is 2.27. The molecule has 0 radical (unpaired) electrons. The molecule has 0 spiro atoms. The SMILES string of the molecule is C[C@H]1CN(c2ncc(C(N)=O)cn2)CCN1. The first kappa shape index (κ1) is 10.8. The van der Waals surface area contributed by atoms with Gasteiger partial charge in [-0.3, -0.25) is 4.79 Å². The summed E-state index contributed by atoms with van der Waals surface area (Å²) < 4.78 is 0. The van der Waals surface area contributed by atoms with Gasteiger partial charge in [0.2, 0.25) is 5.95 Å². The molecular weight excluding hydrogens is 206 g/mol. The molecule has 1 aliphatic rings. The van der Waals surface area contributed by atoms with Gasteiger partial charge in [0.05, 0.1) is 5.56 Å². The average molecular weight is 221 g/mol. The zero-order valence-corrected chi connectivity index (χ0v) is 9.18. The van der Waals surface area contributed by atoms with Gasteiger partial charge in [0, 0.05) is 38.1 Å². The molecule has 1 atom stereocenters. The summed E-state index contributed by atoms with van der Waals surface area (Å²) in [5.41, 5.74) is 5.46. The Labute approximate surface area is 93.9 Å². The molecule has 6 heteroatoms. The molecule has 6 nitrogen and oxygen atoms in total. The molecular formula is C10H15N5O. The lowest BCUT2D eigenvalue weighted by Crippen LogP contribution is -2.49. The number of nitrogens with zero attached hydrogens (tertiary/aromatic N) is 3. The lowest BCUT2D eigenvalue weighted by molar-refractivity contribution is 0.0999. The number of piperazine rings is 1. The molecule has 1 aliphatic heterocycles. The predicted molar refractivity (Wildman–Crippen MR) is 60.2 cm³/mol. The number of amides is 1. The van der Waals surface area contributed by atoms with Crippen LogP contribution in [0.5, 0.6) is 0 Å². The minimum atomic E-state index is -0.500. The lowest BCUT2D eigenvalue weighted by atomic mass is 10.2. The predicted octanol–water partition coefficient (Wildman–Crippen LogP) is -0.626. The van der Waals surface area contributed by atoms with Gasteiger partial charge in [-0.2, -0.15) is 0 Å². The number of aromatic nitrogens is 2. The van der Waals surface area contributed by atoms with E-state index in [4.69, 9.17) is 5.73 Å². The third-order valence-electron chi connectivity index (χ3n) is 2.57. The Morgan fingerprint density at radius 1 is 1.56 bits per heavy atom. The monoisotopic (exact) mass is 221 g/mol. The maximum atomic E-state index is 10.9. The second-order valence-corrected chi connectivity index (χ2v) is 3.94. The minimum Gasteiger partial charge on any atom is -0.366 e. The van der Waals surface area contributed by atoms with Crippen LogP contribution in [-0.2, 0) is 0 Å². The lowest BCUT2D eigenvalue weighted by Gasteiger charge is -2.31. The highest BCUT2D eigenvalue weighted by Crippen LogP contribution is 2.09. The molecule has 1 aromatic rings. The number of hydrogen-bond donors (Lipinski definition) is 2. The molecule has 0 aliphatic carbocycles. The first-order chi connectivity index (χ1) is 7.66. The van der Waals surface area contributed by atoms with Crippen molar-refractivity contribution >= 4 is 11.9 Å². The number of carbonyl (C=O) groups is 1. The highest BCUT2D eigenvalue weighted by atomic mass is 16.1. The van der Waals surface area contributed by atoms with Crippen molar-refractivity contribution in [1.29, 1.82) is 0 Å². The van der Waals surface area contributed by atoms with Gasteiger partial charge in [-0.25, -0.2) is 9.97 Å². The standard InChI is InChI=1S/C10H15N5O/c1-7-6-15(3-2-12-7)10-13-4-8(5-14-10)9(11)16/h4-5,7,12H,2-3,6H2,1H3,(H2,11,16)/t7-/m0/s1. The van der Waals surface area contributed by atoms with E-state index in [1.54, 1.807) is 0 Å². The molecule has 16 heavy (non-hydrogen) atoms. The van der Waals surface area contributed by atoms with Crippen molar-refractivity contribution in [3.05, 3.63) is 18.0 Å². The minimum absolute atomic E-state index is 0.340. The molecule has 1 aromatic heterocycles. The van der Waals surface area contributed by atoms with Gasteiger partial charge in [0.25, 0.3) is 5.91 Å². The molecule has 1 amide bonds. The fourth-order valence-corrected chi connectivity index (χ4v) is 1.73. The van der Waals surface area contributed by atoms with Crippen molar-refractivity contribution in [2.24, 2.45) is 5.73 Å². The molecule has 0 saturated carbocycles. The third-order valence-corrected chi connectivity index (χ3v) is 2.57. The topological polar surface area (TPSA) is 84.1 Å². The maximum Gasteiger partial charge on any atom is 0.251 e. The number of carbonyl (C=O) groups excluding carboxylic acids is 1. The fourth-order valence-electron chi connectivity index (χ4n) is 1.73. The summed E-state index contributed by atoms with van der Waals surface area (Å²) in [5.74, 6) is 0.151. The highest BCUT2D eigenvalue weighted by molar-refractivity contribution is 5.92. The number of hydrogen-bond acceptors (Lipinski definition) is 5. The molecule has 2 rings (SSSR count). The van der Waals surface area contributed by atoms with Gasteiger partial charge in [0.15, 0.2) is 0 Å². The fraction of sp³-hybridized carbons (Fsp3) is 0.500. The summed E-state index contributed by atoms with van der Waals surface area (Å²) in [7, 11) is 0. The van der Waals surface area contributed by atoms with Crippen molar-refractivity contribution < 1.29 is 4.79 Å². The number of rotatable bonds is 2. The Balaban J connectivity index is 2.11. The summed E-state index contributed by atoms with van der Waals surface area (Å²) in [4.78, 5) is 21.2. The normalized spacial score (nSPS) is 20.8. The smallest absolute Gasteiger partial charge is 0.251 e. The quantitative estimate of drug-likeness (QED) is 0.695. The van der Waals surface area contributed by atoms with Crippen LogP contribution in [-0.4, -0.2) is 41.6 Å². The van der Waals surface area contributed by atoms with Gasteiger partial charge >= 0.3 is 0 Å². The van der Waals surface area contributed by atoms with Crippen LogP contribution < -0.4 is 16.0 Å². The van der Waals surface area contributed by atoms with Crippen LogP contribution in [0.2, 0.25) is 0 Å². The molecule has 1 saturated heterocycles. The first-order valence-electron chi connectivity index (χ1n) is 5.27. The Bertz CT molecular complexity index is 377. The summed E-state index contributed by atoms with van der Waals surface area (Å²) >= 11 is 0. The second-order valence-electron chi connectivity index (χ2n) is 3.94. The average Bonchev–Trinajstić information content (AvgIpc) is 2.29. The van der Waals surface area contributed by atoms with Crippen LogP contribution in [0.1, 0.15) is 17.3 Å². The van der Waals surface area contributed by atoms with E-state index in [0.717, 1.165) is 19.6 Å². The van der Waals surface area contributed by atoms with Gasteiger partial charge in [-0.05, 0) is 6.92 Å². The zero-order chi connectivity index (χ0) is 11.5. The van der Waals surface area contributed by atoms with E-state index >= 15 is 0 Å². The summed E-state index contributed by atoms with van der Waals surface area (Å²) in [6.07, 6.45) is 2.94. The summed E-state index contributed by atoms with van der Waals surface area (Å²) in [6.45, 7) is 4.78. The number of primary amides is 1. The van der Waals surface area contributed by atoms with E-state index in [1.807, 2.05) is 0 Å². The molecule has 1 fully saturated rings. The summed E-state index contributed by atoms with van der Waals surface area (Å²) in [6, 6.07) is 0.424. The van der Waals surface area contributed by atoms with E-state index in [1.165, 1.54) is 12.4 Å². The highest BCUT2D eigenvalue weighted by Gasteiger charge is 2.17. The van der Waals surface area contributed by atoms with Gasteiger partial charge < -0.3 is 16.0 Å². The van der Waals surface area contributed by atoms with Crippen LogP contribution in [0.25, 0.3) is 0 Å². The molecule has 86 valence electrons. The Morgan fingerprint density at radius 2 is 2.25 bits per heavy atom. The van der Waals surface area contributed by atoms with Crippen molar-refractivity contribution in [2.45, 2.75) is 13.0 Å². The van der Waals surface area contributed by atoms with Crippen LogP contribution in [0.3, 0.4) is 0 Å². The van der Waals surface area contributed by atoms with Gasteiger partial charge in [-0.1, -0.05) is 0 Å². The number of nitrogens with two attached hydrogens (primary N) is 1. The van der Waals surface area contributed by atoms with E-state index < -0.39 is 5.91 Å². The second kappa shape index (κ2) is 4.44. The van der Waals surface area contributed by atoms with Crippen molar-refractivity contribution in [2.75, 3.05) is 24.5 Å². The maximum absolute atomic E-state index is 10.9. The van der Waals surface area contributed by atoms with Gasteiger partial charge in [-0.15, -0.1) is 0 Å². The first-order valence-corrected chi connectivity index (χ1v) is 5.27. The Morgan fingerprint density at radius 3 is 2.81 bits per heavy atom. The van der Waals surface area contributed by atoms with E-state index in [9.17, 15) is 4.79 Å². The largest absolute Gasteiger partial charge is 0.366 e. The number of nitrogens with one attached hydrogen (secondary N) is 1. The van der Waals surface area contributed by atoms with Crippen LogP contribution in [0, 0.1) is 0 Å². The molecule has 2 heterocycles. The van der Waals surface area contributed by atoms with E-state index in [-0.39, 0.29) is 0 Å². The molecule has 0 aromatic carbocycles. The van der Waals surface area contributed by atoms with Gasteiger partial charge in [0.1, 0.15) is 0 Å². The van der Waals surface area contributed by atoms with E-state index in [0.29, 0.717) is 17.6 Å². The number of anilines is 1. The van der Waals surface area contributed by atoms with Crippen LogP contribution in [0.15, 0.2) is 12.4 Å². The zero-order valence-electron chi connectivity index (χ0n) is 9.18. The van der Waals surface area contributed by atoms with Crippen molar-refractivity contribution in [1.82, 2.24) is 15.3 Å². The van der Waals surface area contributed by atoms with Crippen molar-refractivity contribution in [3.8, 4) is 0 Å². The summed E-state index contributed by atoms with van der Waals surface area (Å²) in [5, 5.41) is 3.34. The van der Waals surface area contributed by atoms with Crippen LogP contribution >= 0.6 is 0 Å². The Kier molecular flexibility index (Phi) is 3.00. The van der Waals surface area contributed by atoms with E-state index in [2.05, 4.69) is 27.1 Å². The molecule has 3 N–H and O–H groups in total.